The lowest BCUT2D eigenvalue weighted by Gasteiger charge is -2.06. The highest BCUT2D eigenvalue weighted by Gasteiger charge is 2.14. The Kier molecular flexibility index (Phi) is 5.75. The van der Waals surface area contributed by atoms with Gasteiger partial charge in [0.2, 0.25) is 15.9 Å². The second kappa shape index (κ2) is 8.03. The van der Waals surface area contributed by atoms with Crippen LogP contribution in [-0.2, 0) is 16.4 Å². The first-order chi connectivity index (χ1) is 12.5. The van der Waals surface area contributed by atoms with E-state index in [-0.39, 0.29) is 11.4 Å². The molecule has 0 aliphatic rings. The molecule has 0 amide bonds. The van der Waals surface area contributed by atoms with Crippen LogP contribution in [0.3, 0.4) is 0 Å². The molecule has 1 N–H and O–H groups in total. The molecular formula is C18H17BrN2O4S. The molecule has 26 heavy (non-hydrogen) atoms. The molecule has 0 bridgehead atoms. The first kappa shape index (κ1) is 18.6. The quantitative estimate of drug-likeness (QED) is 0.611. The van der Waals surface area contributed by atoms with Gasteiger partial charge in [-0.15, -0.1) is 0 Å². The number of nitrogens with one attached hydrogen (secondary N) is 1. The van der Waals surface area contributed by atoms with E-state index in [1.807, 2.05) is 24.3 Å². The van der Waals surface area contributed by atoms with Crippen molar-refractivity contribution in [3.63, 3.8) is 0 Å². The predicted molar refractivity (Wildman–Crippen MR) is 102 cm³/mol. The van der Waals surface area contributed by atoms with Crippen LogP contribution in [-0.4, -0.2) is 27.1 Å². The molecule has 1 aromatic heterocycles. The molecule has 2 aromatic carbocycles. The first-order valence-corrected chi connectivity index (χ1v) is 10.1. The maximum absolute atomic E-state index is 12.3. The number of nitrogens with zero attached hydrogens (tertiary/aromatic N) is 1. The van der Waals surface area contributed by atoms with E-state index < -0.39 is 10.0 Å². The lowest BCUT2D eigenvalue weighted by atomic mass is 10.2. The minimum Gasteiger partial charge on any atom is -0.497 e. The molecule has 3 rings (SSSR count). The molecule has 136 valence electrons. The van der Waals surface area contributed by atoms with Crippen LogP contribution >= 0.6 is 15.9 Å². The Balaban J connectivity index is 1.61. The average Bonchev–Trinajstić information content (AvgIpc) is 3.10. The fourth-order valence-electron chi connectivity index (χ4n) is 2.32. The Morgan fingerprint density at radius 1 is 1.19 bits per heavy atom. The van der Waals surface area contributed by atoms with Gasteiger partial charge in [0.05, 0.1) is 17.7 Å². The summed E-state index contributed by atoms with van der Waals surface area (Å²) >= 11 is 3.27. The smallest absolute Gasteiger partial charge is 0.240 e. The molecule has 3 aromatic rings. The monoisotopic (exact) mass is 436 g/mol. The molecule has 0 saturated heterocycles. The molecule has 0 aliphatic carbocycles. The molecule has 0 saturated carbocycles. The van der Waals surface area contributed by atoms with Crippen molar-refractivity contribution in [1.82, 2.24) is 9.71 Å². The van der Waals surface area contributed by atoms with Crippen molar-refractivity contribution in [2.45, 2.75) is 11.3 Å². The summed E-state index contributed by atoms with van der Waals surface area (Å²) in [6.45, 7) is 0.226. The highest BCUT2D eigenvalue weighted by Crippen LogP contribution is 2.22. The van der Waals surface area contributed by atoms with Crippen LogP contribution in [0.1, 0.15) is 5.69 Å². The third-order valence-electron chi connectivity index (χ3n) is 3.67. The lowest BCUT2D eigenvalue weighted by Crippen LogP contribution is -2.26. The van der Waals surface area contributed by atoms with Crippen LogP contribution in [0.5, 0.6) is 5.75 Å². The summed E-state index contributed by atoms with van der Waals surface area (Å²) < 4.78 is 38.4. The summed E-state index contributed by atoms with van der Waals surface area (Å²) in [5.74, 6) is 1.24. The summed E-state index contributed by atoms with van der Waals surface area (Å²) in [5, 5.41) is 0. The van der Waals surface area contributed by atoms with E-state index in [9.17, 15) is 8.42 Å². The van der Waals surface area contributed by atoms with Crippen molar-refractivity contribution >= 4 is 26.0 Å². The Bertz CT molecular complexity index is 984. The normalized spacial score (nSPS) is 11.5. The van der Waals surface area contributed by atoms with E-state index in [2.05, 4.69) is 25.6 Å². The van der Waals surface area contributed by atoms with Gasteiger partial charge in [-0.2, -0.15) is 0 Å². The summed E-state index contributed by atoms with van der Waals surface area (Å²) in [5.41, 5.74) is 1.50. The number of rotatable bonds is 7. The Morgan fingerprint density at radius 2 is 1.96 bits per heavy atom. The number of halogens is 1. The van der Waals surface area contributed by atoms with E-state index in [0.717, 1.165) is 11.3 Å². The average molecular weight is 437 g/mol. The Morgan fingerprint density at radius 3 is 2.65 bits per heavy atom. The zero-order chi connectivity index (χ0) is 18.6. The second-order valence-electron chi connectivity index (χ2n) is 5.48. The van der Waals surface area contributed by atoms with Crippen LogP contribution in [0.4, 0.5) is 0 Å². The van der Waals surface area contributed by atoms with Gasteiger partial charge in [0.1, 0.15) is 12.0 Å². The minimum absolute atomic E-state index is 0.214. The molecular weight excluding hydrogens is 420 g/mol. The fourth-order valence-corrected chi connectivity index (χ4v) is 3.95. The van der Waals surface area contributed by atoms with Gasteiger partial charge in [-0.05, 0) is 42.5 Å². The third-order valence-corrected chi connectivity index (χ3v) is 5.62. The number of ether oxygens (including phenoxy) is 1. The van der Waals surface area contributed by atoms with E-state index in [0.29, 0.717) is 22.5 Å². The van der Waals surface area contributed by atoms with E-state index in [1.54, 1.807) is 31.4 Å². The number of hydrogen-bond acceptors (Lipinski definition) is 5. The molecule has 0 atom stereocenters. The molecule has 0 radical (unpaired) electrons. The van der Waals surface area contributed by atoms with E-state index in [1.165, 1.54) is 6.26 Å². The zero-order valence-corrected chi connectivity index (χ0v) is 16.4. The van der Waals surface area contributed by atoms with Gasteiger partial charge in [-0.1, -0.05) is 22.0 Å². The first-order valence-electron chi connectivity index (χ1n) is 7.82. The molecule has 6 nitrogen and oxygen atoms in total. The maximum atomic E-state index is 12.3. The van der Waals surface area contributed by atoms with Gasteiger partial charge in [-0.25, -0.2) is 18.1 Å². The van der Waals surface area contributed by atoms with Crippen molar-refractivity contribution < 1.29 is 17.6 Å². The van der Waals surface area contributed by atoms with Crippen LogP contribution in [0, 0.1) is 0 Å². The summed E-state index contributed by atoms with van der Waals surface area (Å²) in [4.78, 5) is 4.61. The van der Waals surface area contributed by atoms with Gasteiger partial charge >= 0.3 is 0 Å². The standard InChI is InChI=1S/C18H17BrN2O4S/c1-24-16-7-5-13(6-8-16)18-21-15(12-25-18)9-10-20-26(22,23)17-4-2-3-14(19)11-17/h2-8,11-12,20H,9-10H2,1H3. The molecule has 0 spiro atoms. The molecule has 1 heterocycles. The Hall–Kier alpha value is -2.16. The number of aromatic nitrogens is 1. The van der Waals surface area contributed by atoms with Crippen molar-refractivity contribution in [2.24, 2.45) is 0 Å². The van der Waals surface area contributed by atoms with Gasteiger partial charge in [0.25, 0.3) is 0 Å². The SMILES string of the molecule is COc1ccc(-c2nc(CCNS(=O)(=O)c3cccc(Br)c3)co2)cc1. The van der Waals surface area contributed by atoms with Crippen molar-refractivity contribution in [1.29, 1.82) is 0 Å². The van der Waals surface area contributed by atoms with Gasteiger partial charge < -0.3 is 9.15 Å². The van der Waals surface area contributed by atoms with Crippen LogP contribution < -0.4 is 9.46 Å². The largest absolute Gasteiger partial charge is 0.497 e. The van der Waals surface area contributed by atoms with Gasteiger partial charge in [0, 0.05) is 23.0 Å². The minimum atomic E-state index is -3.56. The number of benzene rings is 2. The third kappa shape index (κ3) is 4.51. The van der Waals surface area contributed by atoms with Crippen LogP contribution in [0.15, 0.2) is 68.6 Å². The number of sulfonamides is 1. The van der Waals surface area contributed by atoms with E-state index in [4.69, 9.17) is 9.15 Å². The summed E-state index contributed by atoms with van der Waals surface area (Å²) in [7, 11) is -1.95. The summed E-state index contributed by atoms with van der Waals surface area (Å²) in [6, 6.07) is 13.9. The number of oxazole rings is 1. The van der Waals surface area contributed by atoms with E-state index >= 15 is 0 Å². The van der Waals surface area contributed by atoms with Crippen molar-refractivity contribution in [2.75, 3.05) is 13.7 Å². The number of methoxy groups -OCH3 is 1. The lowest BCUT2D eigenvalue weighted by molar-refractivity contribution is 0.415. The van der Waals surface area contributed by atoms with Crippen LogP contribution in [0.25, 0.3) is 11.5 Å². The fraction of sp³-hybridized carbons (Fsp3) is 0.167. The molecule has 8 heteroatoms. The zero-order valence-electron chi connectivity index (χ0n) is 14.0. The van der Waals surface area contributed by atoms with Gasteiger partial charge in [0.15, 0.2) is 0 Å². The molecule has 0 unspecified atom stereocenters. The molecule has 0 fully saturated rings. The number of hydrogen-bond donors (Lipinski definition) is 1. The highest BCUT2D eigenvalue weighted by atomic mass is 79.9. The maximum Gasteiger partial charge on any atom is 0.240 e. The topological polar surface area (TPSA) is 81.4 Å². The van der Waals surface area contributed by atoms with Crippen LogP contribution in [0.2, 0.25) is 0 Å². The Labute approximate surface area is 160 Å². The van der Waals surface area contributed by atoms with Gasteiger partial charge in [-0.3, -0.25) is 0 Å². The second-order valence-corrected chi connectivity index (χ2v) is 8.16. The van der Waals surface area contributed by atoms with Crippen molar-refractivity contribution in [3.8, 4) is 17.2 Å². The van der Waals surface area contributed by atoms with Crippen molar-refractivity contribution in [3.05, 3.63) is 65.0 Å². The predicted octanol–water partition coefficient (Wildman–Crippen LogP) is 3.63. The summed E-state index contributed by atoms with van der Waals surface area (Å²) in [6.07, 6.45) is 1.96. The highest BCUT2D eigenvalue weighted by molar-refractivity contribution is 9.10. The molecule has 0 aliphatic heterocycles.